The number of aliphatic imine (C=N–C) groups is 1. The van der Waals surface area contributed by atoms with Crippen molar-refractivity contribution in [3.8, 4) is 0 Å². The van der Waals surface area contributed by atoms with Gasteiger partial charge in [0.05, 0.1) is 11.3 Å². The van der Waals surface area contributed by atoms with Gasteiger partial charge in [-0.2, -0.15) is 13.2 Å². The lowest BCUT2D eigenvalue weighted by Crippen LogP contribution is -2.38. The maximum atomic E-state index is 13.6. The lowest BCUT2D eigenvalue weighted by atomic mass is 10.2. The molecule has 14 heteroatoms. The van der Waals surface area contributed by atoms with Crippen molar-refractivity contribution in [3.05, 3.63) is 59.7 Å². The number of amidine groups is 1. The summed E-state index contributed by atoms with van der Waals surface area (Å²) < 4.78 is 63.9. The number of rotatable bonds is 4. The zero-order valence-corrected chi connectivity index (χ0v) is 18.6. The van der Waals surface area contributed by atoms with E-state index in [4.69, 9.17) is 34.8 Å². The Morgan fingerprint density at radius 1 is 1.00 bits per heavy atom. The number of urea groups is 1. The fourth-order valence-electron chi connectivity index (χ4n) is 2.79. The minimum atomic E-state index is -4.72. The highest BCUT2D eigenvalue weighted by molar-refractivity contribution is 6.68. The van der Waals surface area contributed by atoms with Crippen molar-refractivity contribution in [1.29, 1.82) is 0 Å². The number of nitrogens with zero attached hydrogens (tertiary/aromatic N) is 3. The van der Waals surface area contributed by atoms with Gasteiger partial charge in [0.25, 0.3) is 5.91 Å². The van der Waals surface area contributed by atoms with E-state index < -0.39 is 51.1 Å². The Kier molecular flexibility index (Phi) is 6.79. The van der Waals surface area contributed by atoms with Crippen LogP contribution >= 0.6 is 34.8 Å². The van der Waals surface area contributed by atoms with E-state index in [0.717, 1.165) is 43.4 Å². The largest absolute Gasteiger partial charge is 0.416 e. The Labute approximate surface area is 198 Å². The van der Waals surface area contributed by atoms with E-state index >= 15 is 0 Å². The Balaban J connectivity index is 2.08. The highest BCUT2D eigenvalue weighted by Gasteiger charge is 2.44. The number of benzene rings is 2. The lowest BCUT2D eigenvalue weighted by Gasteiger charge is -2.25. The van der Waals surface area contributed by atoms with E-state index in [0.29, 0.717) is 15.9 Å². The van der Waals surface area contributed by atoms with Crippen LogP contribution in [0, 0.1) is 11.6 Å². The molecule has 3 rings (SSSR count). The summed E-state index contributed by atoms with van der Waals surface area (Å²) in [4.78, 5) is 30.4. The first-order valence-corrected chi connectivity index (χ1v) is 9.99. The quantitative estimate of drug-likeness (QED) is 0.319. The standard InChI is InChI=1S/C19H12Cl3F5N4O2/c1-30-15(32)14(31(17(30)33)11-4-2-3-9(7-11)19(25,26)27)29-16(18(20,21)22)28-10-5-6-12(23)13(24)8-10/h2-8,16,28H,1H3. The molecule has 176 valence electrons. The molecular weight excluding hydrogens is 518 g/mol. The van der Waals surface area contributed by atoms with Crippen LogP contribution in [0.5, 0.6) is 0 Å². The number of anilines is 2. The van der Waals surface area contributed by atoms with Crippen molar-refractivity contribution in [3.63, 3.8) is 0 Å². The van der Waals surface area contributed by atoms with Gasteiger partial charge in [-0.25, -0.2) is 23.5 Å². The molecule has 3 amide bonds. The van der Waals surface area contributed by atoms with Gasteiger partial charge in [-0.1, -0.05) is 40.9 Å². The molecule has 0 saturated carbocycles. The van der Waals surface area contributed by atoms with Gasteiger partial charge in [0.1, 0.15) is 0 Å². The smallest absolute Gasteiger partial charge is 0.360 e. The number of nitrogens with one attached hydrogen (secondary N) is 1. The third-order valence-corrected chi connectivity index (χ3v) is 5.02. The van der Waals surface area contributed by atoms with Gasteiger partial charge in [0, 0.05) is 18.8 Å². The van der Waals surface area contributed by atoms with Crippen LogP contribution in [-0.2, 0) is 11.0 Å². The van der Waals surface area contributed by atoms with Crippen LogP contribution in [0.15, 0.2) is 47.5 Å². The highest BCUT2D eigenvalue weighted by atomic mass is 35.6. The van der Waals surface area contributed by atoms with Gasteiger partial charge >= 0.3 is 12.2 Å². The van der Waals surface area contributed by atoms with Gasteiger partial charge in [0.2, 0.25) is 9.63 Å². The predicted octanol–water partition coefficient (Wildman–Crippen LogP) is 5.59. The molecule has 1 heterocycles. The first kappa shape index (κ1) is 25.0. The molecule has 2 aromatic rings. The van der Waals surface area contributed by atoms with E-state index in [9.17, 15) is 31.5 Å². The van der Waals surface area contributed by atoms with Crippen LogP contribution in [-0.4, -0.2) is 39.7 Å². The maximum absolute atomic E-state index is 13.6. The topological polar surface area (TPSA) is 65.0 Å². The third kappa shape index (κ3) is 5.31. The van der Waals surface area contributed by atoms with E-state index in [2.05, 4.69) is 10.3 Å². The van der Waals surface area contributed by atoms with Gasteiger partial charge in [-0.15, -0.1) is 0 Å². The van der Waals surface area contributed by atoms with Crippen molar-refractivity contribution in [2.24, 2.45) is 4.99 Å². The second-order valence-electron chi connectivity index (χ2n) is 6.70. The summed E-state index contributed by atoms with van der Waals surface area (Å²) in [6, 6.07) is 5.23. The normalized spacial score (nSPS) is 17.2. The number of hydrogen-bond acceptors (Lipinski definition) is 4. The summed E-state index contributed by atoms with van der Waals surface area (Å²) in [6.07, 6.45) is -6.36. The molecular formula is C19H12Cl3F5N4O2. The average Bonchev–Trinajstić information content (AvgIpc) is 2.92. The number of hydrogen-bond donors (Lipinski definition) is 1. The number of carbonyl (C=O) groups is 2. The zero-order chi connectivity index (χ0) is 24.7. The number of halogens is 8. The summed E-state index contributed by atoms with van der Waals surface area (Å²) in [5, 5.41) is 2.49. The Morgan fingerprint density at radius 2 is 1.67 bits per heavy atom. The fraction of sp³-hybridized carbons (Fsp3) is 0.211. The number of likely N-dealkylation sites (N-methyl/N-ethyl adjacent to an activating group) is 1. The van der Waals surface area contributed by atoms with Crippen molar-refractivity contribution >= 4 is 64.0 Å². The summed E-state index contributed by atoms with van der Waals surface area (Å²) in [5.41, 5.74) is -1.49. The van der Waals surface area contributed by atoms with Gasteiger partial charge in [-0.05, 0) is 30.3 Å². The van der Waals surface area contributed by atoms with Gasteiger partial charge < -0.3 is 5.32 Å². The molecule has 1 saturated heterocycles. The molecule has 33 heavy (non-hydrogen) atoms. The molecule has 1 atom stereocenters. The van der Waals surface area contributed by atoms with Crippen molar-refractivity contribution in [2.45, 2.75) is 16.1 Å². The van der Waals surface area contributed by atoms with Crippen molar-refractivity contribution in [2.75, 3.05) is 17.3 Å². The monoisotopic (exact) mass is 528 g/mol. The molecule has 0 bridgehead atoms. The minimum absolute atomic E-state index is 0.0923. The third-order valence-electron chi connectivity index (χ3n) is 4.40. The van der Waals surface area contributed by atoms with Crippen LogP contribution in [0.3, 0.4) is 0 Å². The number of alkyl halides is 6. The molecule has 6 nitrogen and oxygen atoms in total. The summed E-state index contributed by atoms with van der Waals surface area (Å²) in [6.45, 7) is 0. The zero-order valence-electron chi connectivity index (χ0n) is 16.3. The maximum Gasteiger partial charge on any atom is 0.416 e. The van der Waals surface area contributed by atoms with E-state index in [1.807, 2.05) is 0 Å². The first-order valence-electron chi connectivity index (χ1n) is 8.85. The fourth-order valence-corrected chi connectivity index (χ4v) is 3.10. The molecule has 1 aliphatic heterocycles. The van der Waals surface area contributed by atoms with Crippen molar-refractivity contribution < 1.29 is 31.5 Å². The Hall–Kier alpha value is -2.63. The van der Waals surface area contributed by atoms with E-state index in [1.54, 1.807) is 0 Å². The second kappa shape index (κ2) is 8.96. The molecule has 0 spiro atoms. The highest BCUT2D eigenvalue weighted by Crippen LogP contribution is 2.36. The minimum Gasteiger partial charge on any atom is -0.360 e. The first-order chi connectivity index (χ1) is 15.2. The van der Waals surface area contributed by atoms with Crippen LogP contribution in [0.1, 0.15) is 5.56 Å². The van der Waals surface area contributed by atoms with Gasteiger partial charge in [-0.3, -0.25) is 9.69 Å². The molecule has 1 N–H and O–H groups in total. The SMILES string of the molecule is CN1C(=O)C(=NC(Nc2ccc(F)c(F)c2)C(Cl)(Cl)Cl)N(c2cccc(C(F)(F)F)c2)C1=O. The molecule has 0 aliphatic carbocycles. The van der Waals surface area contributed by atoms with Crippen LogP contribution in [0.4, 0.5) is 38.1 Å². The lowest BCUT2D eigenvalue weighted by molar-refractivity contribution is -0.137. The molecule has 0 aromatic heterocycles. The molecule has 2 aromatic carbocycles. The molecule has 1 unspecified atom stereocenters. The summed E-state index contributed by atoms with van der Waals surface area (Å²) in [7, 11) is 1.08. The average molecular weight is 530 g/mol. The van der Waals surface area contributed by atoms with E-state index in [-0.39, 0.29) is 11.4 Å². The van der Waals surface area contributed by atoms with Crippen LogP contribution in [0.2, 0.25) is 0 Å². The van der Waals surface area contributed by atoms with E-state index in [1.165, 1.54) is 0 Å². The van der Waals surface area contributed by atoms with Crippen molar-refractivity contribution in [1.82, 2.24) is 4.90 Å². The van der Waals surface area contributed by atoms with Gasteiger partial charge in [0.15, 0.2) is 17.8 Å². The molecule has 1 fully saturated rings. The predicted molar refractivity (Wildman–Crippen MR) is 114 cm³/mol. The second-order valence-corrected chi connectivity index (χ2v) is 9.07. The summed E-state index contributed by atoms with van der Waals surface area (Å²) >= 11 is 17.7. The number of amides is 3. The summed E-state index contributed by atoms with van der Waals surface area (Å²) in [5.74, 6) is -4.03. The van der Waals surface area contributed by atoms with Crippen LogP contribution < -0.4 is 10.2 Å². The Bertz CT molecular complexity index is 1140. The van der Waals surface area contributed by atoms with Crippen LogP contribution in [0.25, 0.3) is 0 Å². The number of carbonyl (C=O) groups excluding carboxylic acids is 2. The molecule has 0 radical (unpaired) electrons. The Morgan fingerprint density at radius 3 is 2.24 bits per heavy atom. The number of imide groups is 1. The molecule has 1 aliphatic rings.